The van der Waals surface area contributed by atoms with E-state index in [4.69, 9.17) is 0 Å². The van der Waals surface area contributed by atoms with Crippen molar-refractivity contribution in [3.05, 3.63) is 29.8 Å². The molecular formula is C13H18N2O3S. The molecule has 0 bridgehead atoms. The maximum Gasteiger partial charge on any atom is 0.251 e. The van der Waals surface area contributed by atoms with Crippen molar-refractivity contribution in [3.63, 3.8) is 0 Å². The highest BCUT2D eigenvalue weighted by Crippen LogP contribution is 2.18. The van der Waals surface area contributed by atoms with Gasteiger partial charge < -0.3 is 10.6 Å². The van der Waals surface area contributed by atoms with Crippen molar-refractivity contribution in [3.8, 4) is 0 Å². The van der Waals surface area contributed by atoms with E-state index in [2.05, 4.69) is 10.6 Å². The van der Waals surface area contributed by atoms with Gasteiger partial charge >= 0.3 is 0 Å². The van der Waals surface area contributed by atoms with E-state index in [0.29, 0.717) is 18.4 Å². The van der Waals surface area contributed by atoms with E-state index in [1.165, 1.54) is 0 Å². The number of hydrogen-bond acceptors (Lipinski definition) is 4. The largest absolute Gasteiger partial charge is 0.382 e. The van der Waals surface area contributed by atoms with Crippen molar-refractivity contribution in [1.82, 2.24) is 5.32 Å². The predicted molar refractivity (Wildman–Crippen MR) is 75.1 cm³/mol. The van der Waals surface area contributed by atoms with Crippen LogP contribution in [-0.2, 0) is 9.84 Å². The van der Waals surface area contributed by atoms with E-state index < -0.39 is 9.84 Å². The van der Waals surface area contributed by atoms with Gasteiger partial charge in [-0.05, 0) is 31.0 Å². The number of benzene rings is 1. The van der Waals surface area contributed by atoms with Crippen LogP contribution in [0.2, 0.25) is 0 Å². The second kappa shape index (κ2) is 5.61. The van der Waals surface area contributed by atoms with E-state index in [-0.39, 0.29) is 23.5 Å². The second-order valence-electron chi connectivity index (χ2n) is 4.73. The molecule has 104 valence electrons. The van der Waals surface area contributed by atoms with Crippen LogP contribution in [0, 0.1) is 0 Å². The van der Waals surface area contributed by atoms with Crippen LogP contribution in [0.4, 0.5) is 5.69 Å². The first kappa shape index (κ1) is 13.9. The lowest BCUT2D eigenvalue weighted by molar-refractivity contribution is 0.0963. The second-order valence-corrected chi connectivity index (χ2v) is 7.03. The Morgan fingerprint density at radius 2 is 1.95 bits per heavy atom. The van der Waals surface area contributed by atoms with Crippen LogP contribution in [0.3, 0.4) is 0 Å². The predicted octanol–water partition coefficient (Wildman–Crippen LogP) is 1.04. The summed E-state index contributed by atoms with van der Waals surface area (Å²) < 4.78 is 22.7. The highest BCUT2D eigenvalue weighted by Gasteiger charge is 2.23. The lowest BCUT2D eigenvalue weighted by Crippen LogP contribution is -2.32. The molecule has 0 aromatic heterocycles. The molecule has 1 heterocycles. The zero-order chi connectivity index (χ0) is 13.9. The third-order valence-corrected chi connectivity index (χ3v) is 4.99. The van der Waals surface area contributed by atoms with Crippen LogP contribution in [0.15, 0.2) is 24.3 Å². The third kappa shape index (κ3) is 3.70. The van der Waals surface area contributed by atoms with Crippen LogP contribution in [0.5, 0.6) is 0 Å². The van der Waals surface area contributed by atoms with Gasteiger partial charge in [0.1, 0.15) is 9.84 Å². The highest BCUT2D eigenvalue weighted by molar-refractivity contribution is 7.91. The molecule has 0 radical (unpaired) electrons. The molecule has 6 heteroatoms. The number of carbonyl (C=O) groups excluding carboxylic acids is 1. The summed E-state index contributed by atoms with van der Waals surface area (Å²) in [6.45, 7) is 0. The monoisotopic (exact) mass is 282 g/mol. The summed E-state index contributed by atoms with van der Waals surface area (Å²) in [5, 5.41) is 5.87. The number of hydrogen-bond donors (Lipinski definition) is 2. The smallest absolute Gasteiger partial charge is 0.251 e. The van der Waals surface area contributed by atoms with E-state index in [0.717, 1.165) is 5.69 Å². The molecule has 2 N–H and O–H groups in total. The molecule has 5 nitrogen and oxygen atoms in total. The van der Waals surface area contributed by atoms with Crippen molar-refractivity contribution < 1.29 is 13.2 Å². The first-order chi connectivity index (χ1) is 9.00. The number of nitrogens with one attached hydrogen (secondary N) is 2. The van der Waals surface area contributed by atoms with Crippen LogP contribution < -0.4 is 10.6 Å². The SMILES string of the molecule is CNC(=O)c1cccc(NC2CCS(=O)(=O)CC2)c1. The molecule has 1 aromatic rings. The summed E-state index contributed by atoms with van der Waals surface area (Å²) in [6.07, 6.45) is 1.24. The van der Waals surface area contributed by atoms with Gasteiger partial charge in [-0.2, -0.15) is 0 Å². The van der Waals surface area contributed by atoms with Crippen LogP contribution in [-0.4, -0.2) is 38.9 Å². The molecule has 0 spiro atoms. The molecule has 1 saturated heterocycles. The first-order valence-corrected chi connectivity index (χ1v) is 8.11. The number of rotatable bonds is 3. The molecule has 1 amide bonds. The molecule has 1 aromatic carbocycles. The minimum Gasteiger partial charge on any atom is -0.382 e. The van der Waals surface area contributed by atoms with E-state index in [1.54, 1.807) is 19.2 Å². The number of amides is 1. The molecule has 0 saturated carbocycles. The minimum absolute atomic E-state index is 0.130. The van der Waals surface area contributed by atoms with Gasteiger partial charge in [-0.3, -0.25) is 4.79 Å². The molecule has 1 aliphatic rings. The first-order valence-electron chi connectivity index (χ1n) is 6.29. The van der Waals surface area contributed by atoms with Crippen molar-refractivity contribution in [2.75, 3.05) is 23.9 Å². The fourth-order valence-corrected chi connectivity index (χ4v) is 3.66. The van der Waals surface area contributed by atoms with E-state index in [1.807, 2.05) is 12.1 Å². The van der Waals surface area contributed by atoms with Gasteiger partial charge in [0.15, 0.2) is 0 Å². The normalized spacial score (nSPS) is 18.8. The molecule has 19 heavy (non-hydrogen) atoms. The molecule has 1 aliphatic heterocycles. The number of anilines is 1. The van der Waals surface area contributed by atoms with Crippen molar-refractivity contribution in [2.24, 2.45) is 0 Å². The Labute approximate surface area is 113 Å². The average molecular weight is 282 g/mol. The fraction of sp³-hybridized carbons (Fsp3) is 0.462. The summed E-state index contributed by atoms with van der Waals surface area (Å²) >= 11 is 0. The van der Waals surface area contributed by atoms with Gasteiger partial charge in [0, 0.05) is 24.3 Å². The van der Waals surface area contributed by atoms with Gasteiger partial charge in [0.05, 0.1) is 11.5 Å². The van der Waals surface area contributed by atoms with Gasteiger partial charge in [0.25, 0.3) is 5.91 Å². The Bertz CT molecular complexity index is 555. The van der Waals surface area contributed by atoms with Crippen molar-refractivity contribution >= 4 is 21.4 Å². The summed E-state index contributed by atoms with van der Waals surface area (Å²) in [6, 6.07) is 7.38. The zero-order valence-electron chi connectivity index (χ0n) is 10.8. The zero-order valence-corrected chi connectivity index (χ0v) is 11.7. The van der Waals surface area contributed by atoms with Gasteiger partial charge in [-0.15, -0.1) is 0 Å². The average Bonchev–Trinajstić information content (AvgIpc) is 2.41. The minimum atomic E-state index is -2.84. The maximum atomic E-state index is 11.5. The summed E-state index contributed by atoms with van der Waals surface area (Å²) in [7, 11) is -1.25. The van der Waals surface area contributed by atoms with Gasteiger partial charge in [0.2, 0.25) is 0 Å². The molecule has 0 aliphatic carbocycles. The van der Waals surface area contributed by atoms with Crippen LogP contribution in [0.25, 0.3) is 0 Å². The Kier molecular flexibility index (Phi) is 4.09. The maximum absolute atomic E-state index is 11.5. The summed E-state index contributed by atoms with van der Waals surface area (Å²) in [5.74, 6) is 0.342. The van der Waals surface area contributed by atoms with Gasteiger partial charge in [-0.25, -0.2) is 8.42 Å². The van der Waals surface area contributed by atoms with Crippen LogP contribution in [0.1, 0.15) is 23.2 Å². The Morgan fingerprint density at radius 1 is 1.26 bits per heavy atom. The lowest BCUT2D eigenvalue weighted by atomic mass is 10.1. The highest BCUT2D eigenvalue weighted by atomic mass is 32.2. The van der Waals surface area contributed by atoms with E-state index >= 15 is 0 Å². The topological polar surface area (TPSA) is 75.3 Å². The third-order valence-electron chi connectivity index (χ3n) is 3.28. The van der Waals surface area contributed by atoms with Crippen molar-refractivity contribution in [1.29, 1.82) is 0 Å². The Balaban J connectivity index is 2.02. The van der Waals surface area contributed by atoms with Crippen molar-refractivity contribution in [2.45, 2.75) is 18.9 Å². The van der Waals surface area contributed by atoms with E-state index in [9.17, 15) is 13.2 Å². The Morgan fingerprint density at radius 3 is 2.58 bits per heavy atom. The molecule has 2 rings (SSSR count). The standard InChI is InChI=1S/C13H18N2O3S/c1-14-13(16)10-3-2-4-12(9-10)15-11-5-7-19(17,18)8-6-11/h2-4,9,11,15H,5-8H2,1H3,(H,14,16). The Hall–Kier alpha value is -1.56. The number of sulfone groups is 1. The van der Waals surface area contributed by atoms with Crippen LogP contribution >= 0.6 is 0 Å². The molecular weight excluding hydrogens is 264 g/mol. The van der Waals surface area contributed by atoms with Gasteiger partial charge in [-0.1, -0.05) is 6.07 Å². The molecule has 1 fully saturated rings. The summed E-state index contributed by atoms with van der Waals surface area (Å²) in [5.41, 5.74) is 1.45. The summed E-state index contributed by atoms with van der Waals surface area (Å²) in [4.78, 5) is 11.5. The quantitative estimate of drug-likeness (QED) is 0.868. The molecule has 0 atom stereocenters. The lowest BCUT2D eigenvalue weighted by Gasteiger charge is -2.24. The number of carbonyl (C=O) groups is 1. The molecule has 0 unspecified atom stereocenters. The fourth-order valence-electron chi connectivity index (χ4n) is 2.16.